The van der Waals surface area contributed by atoms with Crippen LogP contribution in [0.4, 0.5) is 5.82 Å². The van der Waals surface area contributed by atoms with Crippen molar-refractivity contribution in [2.45, 2.75) is 25.7 Å². The zero-order valence-electron chi connectivity index (χ0n) is 16.4. The van der Waals surface area contributed by atoms with Gasteiger partial charge in [0.15, 0.2) is 0 Å². The minimum absolute atomic E-state index is 0.0121. The third kappa shape index (κ3) is 3.97. The standard InChI is InChI=1S/C21H23N5O3/c1-13-10-17(14-6-5-8-22-12-14)29-21(28)19(13)20(27)24-18-11-16(25-26(18)2)15-7-3-4-9-23-15/h3-4,7,9-11,14,22H,5-6,8,12H2,1-2H3,(H,24,27). The van der Waals surface area contributed by atoms with Crippen LogP contribution >= 0.6 is 0 Å². The van der Waals surface area contributed by atoms with E-state index in [4.69, 9.17) is 4.42 Å². The predicted molar refractivity (Wildman–Crippen MR) is 109 cm³/mol. The molecular formula is C21H23N5O3. The van der Waals surface area contributed by atoms with Crippen molar-refractivity contribution in [2.24, 2.45) is 7.05 Å². The number of anilines is 1. The van der Waals surface area contributed by atoms with Gasteiger partial charge in [0.2, 0.25) is 0 Å². The second kappa shape index (κ2) is 8.00. The topological polar surface area (TPSA) is 102 Å². The molecule has 8 heteroatoms. The highest BCUT2D eigenvalue weighted by Crippen LogP contribution is 2.24. The third-order valence-electron chi connectivity index (χ3n) is 5.14. The van der Waals surface area contributed by atoms with E-state index in [1.165, 1.54) is 0 Å². The molecule has 0 radical (unpaired) electrons. The molecular weight excluding hydrogens is 370 g/mol. The summed E-state index contributed by atoms with van der Waals surface area (Å²) in [4.78, 5) is 29.6. The molecule has 1 amide bonds. The van der Waals surface area contributed by atoms with Crippen molar-refractivity contribution in [3.63, 3.8) is 0 Å². The summed E-state index contributed by atoms with van der Waals surface area (Å²) in [5.41, 5.74) is 1.33. The Kier molecular flexibility index (Phi) is 5.26. The largest absolute Gasteiger partial charge is 0.427 e. The first-order chi connectivity index (χ1) is 14.0. The van der Waals surface area contributed by atoms with Gasteiger partial charge < -0.3 is 15.1 Å². The molecule has 1 aliphatic heterocycles. The van der Waals surface area contributed by atoms with E-state index < -0.39 is 11.5 Å². The van der Waals surface area contributed by atoms with Gasteiger partial charge in [-0.25, -0.2) is 4.79 Å². The van der Waals surface area contributed by atoms with Crippen LogP contribution in [0.15, 0.2) is 45.7 Å². The lowest BCUT2D eigenvalue weighted by Gasteiger charge is -2.22. The first kappa shape index (κ1) is 19.1. The summed E-state index contributed by atoms with van der Waals surface area (Å²) < 4.78 is 7.05. The predicted octanol–water partition coefficient (Wildman–Crippen LogP) is 2.46. The van der Waals surface area contributed by atoms with Crippen LogP contribution in [0.5, 0.6) is 0 Å². The molecule has 0 aromatic carbocycles. The highest BCUT2D eigenvalue weighted by atomic mass is 16.4. The molecule has 1 fully saturated rings. The second-order valence-electron chi connectivity index (χ2n) is 7.25. The number of aryl methyl sites for hydroxylation is 2. The number of aromatic nitrogens is 3. The Bertz CT molecular complexity index is 1080. The Morgan fingerprint density at radius 2 is 2.17 bits per heavy atom. The zero-order chi connectivity index (χ0) is 20.4. The van der Waals surface area contributed by atoms with Crippen LogP contribution in [0.3, 0.4) is 0 Å². The van der Waals surface area contributed by atoms with Crippen LogP contribution in [-0.4, -0.2) is 33.8 Å². The monoisotopic (exact) mass is 393 g/mol. The zero-order valence-corrected chi connectivity index (χ0v) is 16.4. The van der Waals surface area contributed by atoms with Crippen LogP contribution in [0.1, 0.15) is 40.4 Å². The molecule has 3 aromatic heterocycles. The summed E-state index contributed by atoms with van der Waals surface area (Å²) in [6.45, 7) is 3.51. The lowest BCUT2D eigenvalue weighted by molar-refractivity contribution is 0.102. The maximum Gasteiger partial charge on any atom is 0.349 e. The number of amides is 1. The number of nitrogens with one attached hydrogen (secondary N) is 2. The number of hydrogen-bond acceptors (Lipinski definition) is 6. The molecule has 0 spiro atoms. The van der Waals surface area contributed by atoms with Gasteiger partial charge in [0.05, 0.1) is 5.69 Å². The van der Waals surface area contributed by atoms with Gasteiger partial charge in [-0.2, -0.15) is 5.10 Å². The van der Waals surface area contributed by atoms with Crippen LogP contribution in [-0.2, 0) is 7.05 Å². The Morgan fingerprint density at radius 1 is 1.31 bits per heavy atom. The molecule has 29 heavy (non-hydrogen) atoms. The smallest absolute Gasteiger partial charge is 0.349 e. The Balaban J connectivity index is 1.57. The van der Waals surface area contributed by atoms with Crippen molar-refractivity contribution in [3.8, 4) is 11.4 Å². The first-order valence-corrected chi connectivity index (χ1v) is 9.65. The van der Waals surface area contributed by atoms with Crippen LogP contribution in [0, 0.1) is 6.92 Å². The van der Waals surface area contributed by atoms with Crippen molar-refractivity contribution in [2.75, 3.05) is 18.4 Å². The summed E-state index contributed by atoms with van der Waals surface area (Å²) >= 11 is 0. The summed E-state index contributed by atoms with van der Waals surface area (Å²) in [5.74, 6) is 0.745. The number of carbonyl (C=O) groups is 1. The SMILES string of the molecule is Cc1cc(C2CCCNC2)oc(=O)c1C(=O)Nc1cc(-c2ccccn2)nn1C. The van der Waals surface area contributed by atoms with Gasteiger partial charge in [0.25, 0.3) is 5.91 Å². The minimum atomic E-state index is -0.616. The number of hydrogen-bond donors (Lipinski definition) is 2. The molecule has 0 bridgehead atoms. The molecule has 4 rings (SSSR count). The van der Waals surface area contributed by atoms with Gasteiger partial charge >= 0.3 is 5.63 Å². The normalized spacial score (nSPS) is 16.6. The number of piperidine rings is 1. The van der Waals surface area contributed by atoms with Crippen LogP contribution < -0.4 is 16.3 Å². The number of nitrogens with zero attached hydrogens (tertiary/aromatic N) is 3. The molecule has 1 atom stereocenters. The average Bonchev–Trinajstić information content (AvgIpc) is 3.09. The van der Waals surface area contributed by atoms with Crippen molar-refractivity contribution in [1.82, 2.24) is 20.1 Å². The van der Waals surface area contributed by atoms with Gasteiger partial charge in [-0.05, 0) is 50.1 Å². The summed E-state index contributed by atoms with van der Waals surface area (Å²) in [5, 5.41) is 10.4. The fourth-order valence-electron chi connectivity index (χ4n) is 3.60. The molecule has 0 aliphatic carbocycles. The van der Waals surface area contributed by atoms with E-state index in [1.54, 1.807) is 37.0 Å². The van der Waals surface area contributed by atoms with E-state index in [-0.39, 0.29) is 11.5 Å². The van der Waals surface area contributed by atoms with Crippen molar-refractivity contribution in [1.29, 1.82) is 0 Å². The lowest BCUT2D eigenvalue weighted by Crippen LogP contribution is -2.30. The quantitative estimate of drug-likeness (QED) is 0.706. The third-order valence-corrected chi connectivity index (χ3v) is 5.14. The Hall–Kier alpha value is -3.26. The second-order valence-corrected chi connectivity index (χ2v) is 7.25. The van der Waals surface area contributed by atoms with E-state index >= 15 is 0 Å². The molecule has 1 unspecified atom stereocenters. The van der Waals surface area contributed by atoms with Gasteiger partial charge in [-0.15, -0.1) is 0 Å². The van der Waals surface area contributed by atoms with Gasteiger partial charge in [-0.1, -0.05) is 6.07 Å². The van der Waals surface area contributed by atoms with E-state index in [9.17, 15) is 9.59 Å². The van der Waals surface area contributed by atoms with E-state index in [0.717, 1.165) is 25.9 Å². The van der Waals surface area contributed by atoms with Gasteiger partial charge in [-0.3, -0.25) is 14.5 Å². The first-order valence-electron chi connectivity index (χ1n) is 9.65. The number of pyridine rings is 1. The van der Waals surface area contributed by atoms with E-state index in [1.807, 2.05) is 18.2 Å². The Labute approximate surface area is 168 Å². The Morgan fingerprint density at radius 3 is 2.86 bits per heavy atom. The highest BCUT2D eigenvalue weighted by molar-refractivity contribution is 6.04. The number of carbonyl (C=O) groups excluding carboxylic acids is 1. The molecule has 1 aliphatic rings. The molecule has 3 aromatic rings. The summed E-state index contributed by atoms with van der Waals surface area (Å²) in [6.07, 6.45) is 3.68. The highest BCUT2D eigenvalue weighted by Gasteiger charge is 2.23. The van der Waals surface area contributed by atoms with Gasteiger partial charge in [0, 0.05) is 31.8 Å². The van der Waals surface area contributed by atoms with Crippen molar-refractivity contribution >= 4 is 11.7 Å². The van der Waals surface area contributed by atoms with E-state index in [2.05, 4.69) is 20.7 Å². The number of rotatable bonds is 4. The molecule has 150 valence electrons. The molecule has 8 nitrogen and oxygen atoms in total. The van der Waals surface area contributed by atoms with Crippen molar-refractivity contribution in [3.05, 3.63) is 63.8 Å². The van der Waals surface area contributed by atoms with Crippen molar-refractivity contribution < 1.29 is 9.21 Å². The molecule has 4 heterocycles. The van der Waals surface area contributed by atoms with E-state index in [0.29, 0.717) is 28.5 Å². The summed E-state index contributed by atoms with van der Waals surface area (Å²) in [6, 6.07) is 9.05. The molecule has 0 saturated carbocycles. The average molecular weight is 393 g/mol. The summed E-state index contributed by atoms with van der Waals surface area (Å²) in [7, 11) is 1.72. The maximum atomic E-state index is 12.8. The molecule has 2 N–H and O–H groups in total. The van der Waals surface area contributed by atoms with Gasteiger partial charge in [0.1, 0.15) is 22.8 Å². The fourth-order valence-corrected chi connectivity index (χ4v) is 3.60. The fraction of sp³-hybridized carbons (Fsp3) is 0.333. The minimum Gasteiger partial charge on any atom is -0.427 e. The maximum absolute atomic E-state index is 12.8. The molecule has 1 saturated heterocycles. The van der Waals surface area contributed by atoms with Crippen LogP contribution in [0.25, 0.3) is 11.4 Å². The lowest BCUT2D eigenvalue weighted by atomic mass is 9.95. The van der Waals surface area contributed by atoms with Crippen LogP contribution in [0.2, 0.25) is 0 Å².